The van der Waals surface area contributed by atoms with Crippen LogP contribution < -0.4 is 0 Å². The Hall–Kier alpha value is -1.76. The summed E-state index contributed by atoms with van der Waals surface area (Å²) in [4.78, 5) is 10.9. The van der Waals surface area contributed by atoms with Crippen LogP contribution in [0.25, 0.3) is 0 Å². The number of hydrogen-bond acceptors (Lipinski definition) is 4. The highest BCUT2D eigenvalue weighted by atomic mass is 19.1. The summed E-state index contributed by atoms with van der Waals surface area (Å²) >= 11 is 0. The predicted molar refractivity (Wildman–Crippen MR) is 67.3 cm³/mol. The molecule has 2 rings (SSSR count). The topological polar surface area (TPSA) is 87.0 Å². The Morgan fingerprint density at radius 3 is 2.85 bits per heavy atom. The molecule has 20 heavy (non-hydrogen) atoms. The van der Waals surface area contributed by atoms with Gasteiger partial charge in [-0.15, -0.1) is 0 Å². The fourth-order valence-corrected chi connectivity index (χ4v) is 2.03. The van der Waals surface area contributed by atoms with Crippen molar-refractivity contribution in [2.75, 3.05) is 0 Å². The fraction of sp³-hybridized carbons (Fsp3) is 0.357. The minimum Gasteiger partial charge on any atom is -0.479 e. The molecule has 108 valence electrons. The van der Waals surface area contributed by atoms with Crippen molar-refractivity contribution in [3.05, 3.63) is 47.8 Å². The minimum atomic E-state index is -2.07. The first-order chi connectivity index (χ1) is 9.40. The van der Waals surface area contributed by atoms with Crippen molar-refractivity contribution >= 4 is 5.97 Å². The monoisotopic (exact) mass is 282 g/mol. The van der Waals surface area contributed by atoms with Gasteiger partial charge in [0.1, 0.15) is 11.9 Å². The van der Waals surface area contributed by atoms with Gasteiger partial charge in [0.05, 0.1) is 12.7 Å². The van der Waals surface area contributed by atoms with Crippen LogP contribution in [0.2, 0.25) is 0 Å². The third-order valence-electron chi connectivity index (χ3n) is 3.16. The van der Waals surface area contributed by atoms with E-state index in [-0.39, 0.29) is 18.8 Å². The first kappa shape index (κ1) is 14.6. The van der Waals surface area contributed by atoms with Crippen LogP contribution in [0.15, 0.2) is 36.4 Å². The molecule has 0 saturated heterocycles. The van der Waals surface area contributed by atoms with E-state index in [0.29, 0.717) is 5.56 Å². The Kier molecular flexibility index (Phi) is 4.17. The Labute approximate surface area is 114 Å². The van der Waals surface area contributed by atoms with Crippen molar-refractivity contribution in [2.45, 2.75) is 30.8 Å². The summed E-state index contributed by atoms with van der Waals surface area (Å²) in [7, 11) is 0. The largest absolute Gasteiger partial charge is 0.479 e. The van der Waals surface area contributed by atoms with Crippen molar-refractivity contribution in [3.8, 4) is 0 Å². The second-order valence-electron chi connectivity index (χ2n) is 4.77. The van der Waals surface area contributed by atoms with E-state index in [4.69, 9.17) is 9.84 Å². The lowest BCUT2D eigenvalue weighted by atomic mass is 9.87. The standard InChI is InChI=1S/C14H15FO5/c15-10-3-1-2-9(6-10)8-20-12-4-5-14(19,13(17)18)7-11(12)16/h1-6,11-12,16,19H,7-8H2,(H,17,18)/t11-,12-,14+/m1/s1. The number of aliphatic hydroxyl groups excluding tert-OH is 1. The highest BCUT2D eigenvalue weighted by Gasteiger charge is 2.41. The van der Waals surface area contributed by atoms with Gasteiger partial charge in [0, 0.05) is 6.42 Å². The van der Waals surface area contributed by atoms with Crippen LogP contribution in [-0.2, 0) is 16.1 Å². The van der Waals surface area contributed by atoms with Crippen molar-refractivity contribution < 1.29 is 29.2 Å². The Bertz CT molecular complexity index is 530. The normalized spacial score (nSPS) is 29.4. The molecule has 0 radical (unpaired) electrons. The van der Waals surface area contributed by atoms with Crippen molar-refractivity contribution in [1.82, 2.24) is 0 Å². The van der Waals surface area contributed by atoms with E-state index in [1.54, 1.807) is 12.1 Å². The summed E-state index contributed by atoms with van der Waals surface area (Å²) in [6.45, 7) is 0.0787. The lowest BCUT2D eigenvalue weighted by Crippen LogP contribution is -2.46. The minimum absolute atomic E-state index is 0.0787. The molecule has 0 bridgehead atoms. The number of rotatable bonds is 4. The molecule has 6 heteroatoms. The van der Waals surface area contributed by atoms with E-state index in [1.807, 2.05) is 0 Å². The first-order valence-electron chi connectivity index (χ1n) is 6.10. The molecule has 0 aliphatic heterocycles. The van der Waals surface area contributed by atoms with Gasteiger partial charge in [-0.05, 0) is 23.8 Å². The number of aliphatic carboxylic acids is 1. The van der Waals surface area contributed by atoms with Crippen LogP contribution in [0.5, 0.6) is 0 Å². The van der Waals surface area contributed by atoms with Gasteiger partial charge >= 0.3 is 5.97 Å². The maximum Gasteiger partial charge on any atom is 0.339 e. The van der Waals surface area contributed by atoms with Crippen LogP contribution in [-0.4, -0.2) is 39.1 Å². The molecule has 0 amide bonds. The van der Waals surface area contributed by atoms with Crippen molar-refractivity contribution in [1.29, 1.82) is 0 Å². The summed E-state index contributed by atoms with van der Waals surface area (Å²) in [5.41, 5.74) is -1.47. The molecular weight excluding hydrogens is 267 g/mol. The lowest BCUT2D eigenvalue weighted by molar-refractivity contribution is -0.159. The van der Waals surface area contributed by atoms with Crippen LogP contribution in [0.4, 0.5) is 4.39 Å². The number of hydrogen-bond donors (Lipinski definition) is 3. The van der Waals surface area contributed by atoms with E-state index in [2.05, 4.69) is 0 Å². The zero-order valence-electron chi connectivity index (χ0n) is 10.6. The number of carbonyl (C=O) groups is 1. The van der Waals surface area contributed by atoms with Crippen LogP contribution in [0.1, 0.15) is 12.0 Å². The number of carboxylic acid groups (broad SMARTS) is 1. The molecule has 1 aromatic carbocycles. The van der Waals surface area contributed by atoms with Gasteiger partial charge in [-0.3, -0.25) is 0 Å². The van der Waals surface area contributed by atoms with E-state index >= 15 is 0 Å². The Morgan fingerprint density at radius 1 is 1.50 bits per heavy atom. The maximum absolute atomic E-state index is 13.0. The molecule has 3 atom stereocenters. The summed E-state index contributed by atoms with van der Waals surface area (Å²) in [5.74, 6) is -1.80. The highest BCUT2D eigenvalue weighted by Crippen LogP contribution is 2.25. The summed E-state index contributed by atoms with van der Waals surface area (Å²) in [6, 6.07) is 5.85. The van der Waals surface area contributed by atoms with E-state index in [9.17, 15) is 19.4 Å². The second-order valence-corrected chi connectivity index (χ2v) is 4.77. The molecule has 5 nitrogen and oxygen atoms in total. The van der Waals surface area contributed by atoms with Crippen molar-refractivity contribution in [2.24, 2.45) is 0 Å². The molecule has 0 saturated carbocycles. The van der Waals surface area contributed by atoms with Gasteiger partial charge in [-0.25, -0.2) is 9.18 Å². The van der Waals surface area contributed by atoms with Crippen LogP contribution in [0.3, 0.4) is 0 Å². The van der Waals surface area contributed by atoms with Crippen LogP contribution in [0, 0.1) is 5.82 Å². The molecule has 1 aliphatic carbocycles. The summed E-state index contributed by atoms with van der Waals surface area (Å²) in [6.07, 6.45) is 0.166. The number of aliphatic hydroxyl groups is 2. The van der Waals surface area contributed by atoms with E-state index in [1.165, 1.54) is 18.2 Å². The molecule has 0 heterocycles. The molecular formula is C14H15FO5. The number of carboxylic acids is 1. The van der Waals surface area contributed by atoms with Gasteiger partial charge in [-0.2, -0.15) is 0 Å². The quantitative estimate of drug-likeness (QED) is 0.713. The molecule has 0 aromatic heterocycles. The van der Waals surface area contributed by atoms with Gasteiger partial charge < -0.3 is 20.1 Å². The molecule has 0 unspecified atom stereocenters. The predicted octanol–water partition coefficient (Wildman–Crippen LogP) is 0.847. The smallest absolute Gasteiger partial charge is 0.339 e. The van der Waals surface area contributed by atoms with Gasteiger partial charge in [0.25, 0.3) is 0 Å². The zero-order chi connectivity index (χ0) is 14.8. The SMILES string of the molecule is O=C(O)[C@]1(O)C=C[C@@H](OCc2cccc(F)c2)[C@H](O)C1. The molecule has 0 fully saturated rings. The van der Waals surface area contributed by atoms with Crippen molar-refractivity contribution in [3.63, 3.8) is 0 Å². The Balaban J connectivity index is 1.99. The average Bonchev–Trinajstić information content (AvgIpc) is 2.38. The summed E-state index contributed by atoms with van der Waals surface area (Å²) in [5, 5.41) is 28.4. The third kappa shape index (κ3) is 3.22. The highest BCUT2D eigenvalue weighted by molar-refractivity contribution is 5.80. The molecule has 1 aromatic rings. The van der Waals surface area contributed by atoms with E-state index < -0.39 is 23.8 Å². The third-order valence-corrected chi connectivity index (χ3v) is 3.16. The lowest BCUT2D eigenvalue weighted by Gasteiger charge is -2.31. The average molecular weight is 282 g/mol. The second kappa shape index (κ2) is 5.70. The molecule has 0 spiro atoms. The zero-order valence-corrected chi connectivity index (χ0v) is 10.6. The first-order valence-corrected chi connectivity index (χ1v) is 6.10. The Morgan fingerprint density at radius 2 is 2.25 bits per heavy atom. The summed E-state index contributed by atoms with van der Waals surface area (Å²) < 4.78 is 18.4. The van der Waals surface area contributed by atoms with Crippen LogP contribution >= 0.6 is 0 Å². The molecule has 1 aliphatic rings. The van der Waals surface area contributed by atoms with Gasteiger partial charge in [-0.1, -0.05) is 18.2 Å². The number of halogens is 1. The number of benzene rings is 1. The van der Waals surface area contributed by atoms with Gasteiger partial charge in [0.15, 0.2) is 5.60 Å². The molecule has 3 N–H and O–H groups in total. The van der Waals surface area contributed by atoms with Gasteiger partial charge in [0.2, 0.25) is 0 Å². The maximum atomic E-state index is 13.0. The van der Waals surface area contributed by atoms with E-state index in [0.717, 1.165) is 6.08 Å². The number of ether oxygens (including phenoxy) is 1. The fourth-order valence-electron chi connectivity index (χ4n) is 2.03.